The first kappa shape index (κ1) is 21.9. The number of hydrogen-bond acceptors (Lipinski definition) is 4. The lowest BCUT2D eigenvalue weighted by Gasteiger charge is -2.37. The van der Waals surface area contributed by atoms with Crippen LogP contribution in [0.3, 0.4) is 0 Å². The van der Waals surface area contributed by atoms with E-state index in [0.29, 0.717) is 23.3 Å². The van der Waals surface area contributed by atoms with Crippen LogP contribution in [0.1, 0.15) is 63.6 Å². The van der Waals surface area contributed by atoms with Crippen molar-refractivity contribution in [1.82, 2.24) is 0 Å². The van der Waals surface area contributed by atoms with Crippen LogP contribution in [0, 0.1) is 29.1 Å². The van der Waals surface area contributed by atoms with Gasteiger partial charge in [0.1, 0.15) is 6.10 Å². The highest BCUT2D eigenvalue weighted by Gasteiger charge is 2.33. The van der Waals surface area contributed by atoms with E-state index < -0.39 is 0 Å². The third kappa shape index (κ3) is 5.86. The number of hydrogen-bond donors (Lipinski definition) is 1. The molecule has 2 aromatic rings. The van der Waals surface area contributed by atoms with E-state index in [1.807, 2.05) is 42.5 Å². The van der Waals surface area contributed by atoms with Crippen molar-refractivity contribution in [3.8, 4) is 6.07 Å². The van der Waals surface area contributed by atoms with E-state index in [-0.39, 0.29) is 24.5 Å². The third-order valence-electron chi connectivity index (χ3n) is 6.17. The molecule has 0 unspecified atom stereocenters. The van der Waals surface area contributed by atoms with Gasteiger partial charge in [-0.2, -0.15) is 5.26 Å². The quantitative estimate of drug-likeness (QED) is 0.566. The van der Waals surface area contributed by atoms with Gasteiger partial charge in [0.2, 0.25) is 0 Å². The Labute approximate surface area is 180 Å². The first-order chi connectivity index (χ1) is 14.5. The Morgan fingerprint density at radius 3 is 2.47 bits per heavy atom. The maximum absolute atomic E-state index is 13.0. The van der Waals surface area contributed by atoms with Gasteiger partial charge in [0.15, 0.2) is 0 Å². The summed E-state index contributed by atoms with van der Waals surface area (Å²) in [6.45, 7) is 6.69. The van der Waals surface area contributed by atoms with Gasteiger partial charge in [0.25, 0.3) is 0 Å². The summed E-state index contributed by atoms with van der Waals surface area (Å²) in [4.78, 5) is 13.0. The Morgan fingerprint density at radius 1 is 1.13 bits per heavy atom. The molecular formula is C26H32N2O2. The minimum Gasteiger partial charge on any atom is -0.462 e. The van der Waals surface area contributed by atoms with Gasteiger partial charge in [-0.15, -0.1) is 0 Å². The zero-order chi connectivity index (χ0) is 21.5. The van der Waals surface area contributed by atoms with Crippen LogP contribution >= 0.6 is 0 Å². The van der Waals surface area contributed by atoms with Crippen LogP contribution in [-0.2, 0) is 9.53 Å². The summed E-state index contributed by atoms with van der Waals surface area (Å²) in [7, 11) is 0. The van der Waals surface area contributed by atoms with Crippen molar-refractivity contribution in [1.29, 1.82) is 5.26 Å². The average molecular weight is 405 g/mol. The fourth-order valence-corrected chi connectivity index (χ4v) is 4.41. The minimum absolute atomic E-state index is 0.00702. The number of ether oxygens (including phenoxy) is 1. The average Bonchev–Trinajstić information content (AvgIpc) is 2.74. The molecule has 0 amide bonds. The Kier molecular flexibility index (Phi) is 7.52. The number of benzene rings is 2. The number of carbonyl (C=O) groups is 1. The van der Waals surface area contributed by atoms with Gasteiger partial charge in [0, 0.05) is 5.69 Å². The molecule has 158 valence electrons. The summed E-state index contributed by atoms with van der Waals surface area (Å²) in [5, 5.41) is 12.5. The molecular weight excluding hydrogens is 372 g/mol. The molecule has 1 aliphatic carbocycles. The van der Waals surface area contributed by atoms with E-state index in [9.17, 15) is 4.79 Å². The van der Waals surface area contributed by atoms with E-state index >= 15 is 0 Å². The lowest BCUT2D eigenvalue weighted by molar-refractivity contribution is -0.156. The topological polar surface area (TPSA) is 62.1 Å². The number of anilines is 1. The zero-order valence-electron chi connectivity index (χ0n) is 18.2. The molecule has 1 fully saturated rings. The second kappa shape index (κ2) is 10.3. The van der Waals surface area contributed by atoms with Gasteiger partial charge < -0.3 is 10.1 Å². The summed E-state index contributed by atoms with van der Waals surface area (Å²) in [5.74, 6) is 1.39. The van der Waals surface area contributed by atoms with E-state index in [4.69, 9.17) is 10.00 Å². The van der Waals surface area contributed by atoms with Crippen molar-refractivity contribution in [2.24, 2.45) is 17.8 Å². The summed E-state index contributed by atoms with van der Waals surface area (Å²) < 4.78 is 6.04. The van der Waals surface area contributed by atoms with Gasteiger partial charge in [-0.05, 0) is 60.4 Å². The number of nitrogens with one attached hydrogen (secondary N) is 1. The van der Waals surface area contributed by atoms with E-state index in [2.05, 4.69) is 32.2 Å². The molecule has 4 atom stereocenters. The highest BCUT2D eigenvalue weighted by Crippen LogP contribution is 2.36. The van der Waals surface area contributed by atoms with Crippen molar-refractivity contribution >= 4 is 11.7 Å². The van der Waals surface area contributed by atoms with Crippen LogP contribution in [0.4, 0.5) is 5.69 Å². The highest BCUT2D eigenvalue weighted by atomic mass is 16.5. The largest absolute Gasteiger partial charge is 0.462 e. The molecule has 0 aromatic heterocycles. The van der Waals surface area contributed by atoms with Crippen molar-refractivity contribution in [2.75, 3.05) is 5.32 Å². The van der Waals surface area contributed by atoms with Crippen LogP contribution in [0.15, 0.2) is 54.6 Å². The van der Waals surface area contributed by atoms with Crippen molar-refractivity contribution in [2.45, 2.75) is 58.6 Å². The second-order valence-electron chi connectivity index (χ2n) is 8.86. The molecule has 0 bridgehead atoms. The number of nitrogens with zero attached hydrogens (tertiary/aromatic N) is 1. The van der Waals surface area contributed by atoms with E-state index in [0.717, 1.165) is 24.1 Å². The molecule has 1 N–H and O–H groups in total. The maximum Gasteiger partial charge on any atom is 0.308 e. The number of carbonyl (C=O) groups excluding carboxylic acids is 1. The maximum atomic E-state index is 13.0. The lowest BCUT2D eigenvalue weighted by Crippen LogP contribution is -2.36. The molecule has 1 aliphatic rings. The zero-order valence-corrected chi connectivity index (χ0v) is 18.2. The first-order valence-electron chi connectivity index (χ1n) is 11.0. The van der Waals surface area contributed by atoms with Crippen LogP contribution in [0.25, 0.3) is 0 Å². The summed E-state index contributed by atoms with van der Waals surface area (Å²) in [5.41, 5.74) is 2.53. The minimum atomic E-state index is -0.190. The van der Waals surface area contributed by atoms with Crippen molar-refractivity contribution in [3.05, 3.63) is 65.7 Å². The van der Waals surface area contributed by atoms with Crippen molar-refractivity contribution < 1.29 is 9.53 Å². The Morgan fingerprint density at radius 2 is 1.83 bits per heavy atom. The fourth-order valence-electron chi connectivity index (χ4n) is 4.41. The predicted molar refractivity (Wildman–Crippen MR) is 120 cm³/mol. The summed E-state index contributed by atoms with van der Waals surface area (Å²) >= 11 is 0. The SMILES string of the molecule is CC(C)[C@@H]1CC[C@@H](C)C[C@H]1OC(=O)C[C@@H](Nc1ccc(C#N)cc1)c1ccccc1. The molecule has 4 heteroatoms. The summed E-state index contributed by atoms with van der Waals surface area (Å²) in [6.07, 6.45) is 3.56. The Bertz CT molecular complexity index is 855. The van der Waals surface area contributed by atoms with Gasteiger partial charge in [-0.25, -0.2) is 0 Å². The Balaban J connectivity index is 1.72. The molecule has 2 aromatic carbocycles. The van der Waals surface area contributed by atoms with Gasteiger partial charge >= 0.3 is 5.97 Å². The van der Waals surface area contributed by atoms with E-state index in [1.165, 1.54) is 6.42 Å². The number of rotatable bonds is 7. The van der Waals surface area contributed by atoms with Crippen LogP contribution in [0.5, 0.6) is 0 Å². The molecule has 0 radical (unpaired) electrons. The standard InChI is InChI=1S/C26H32N2O2/c1-18(2)23-14-9-19(3)15-25(23)30-26(29)16-24(21-7-5-4-6-8-21)28-22-12-10-20(17-27)11-13-22/h4-8,10-13,18-19,23-25,28H,9,14-16H2,1-3H3/t19-,23+,24-,25-/m1/s1. The predicted octanol–water partition coefficient (Wildman–Crippen LogP) is 6.11. The second-order valence-corrected chi connectivity index (χ2v) is 8.86. The van der Waals surface area contributed by atoms with Crippen LogP contribution < -0.4 is 5.32 Å². The normalized spacial score (nSPS) is 22.2. The van der Waals surface area contributed by atoms with Gasteiger partial charge in [-0.3, -0.25) is 4.79 Å². The third-order valence-corrected chi connectivity index (χ3v) is 6.17. The summed E-state index contributed by atoms with van der Waals surface area (Å²) in [6, 6.07) is 19.2. The van der Waals surface area contributed by atoms with Crippen LogP contribution in [0.2, 0.25) is 0 Å². The molecule has 0 aliphatic heterocycles. The number of nitriles is 1. The van der Waals surface area contributed by atoms with Crippen LogP contribution in [-0.4, -0.2) is 12.1 Å². The monoisotopic (exact) mass is 404 g/mol. The molecule has 4 nitrogen and oxygen atoms in total. The molecule has 0 saturated heterocycles. The molecule has 30 heavy (non-hydrogen) atoms. The molecule has 0 spiro atoms. The number of esters is 1. The van der Waals surface area contributed by atoms with E-state index in [1.54, 1.807) is 12.1 Å². The first-order valence-corrected chi connectivity index (χ1v) is 11.0. The molecule has 3 rings (SSSR count). The smallest absolute Gasteiger partial charge is 0.308 e. The fraction of sp³-hybridized carbons (Fsp3) is 0.462. The highest BCUT2D eigenvalue weighted by molar-refractivity contribution is 5.71. The van der Waals surface area contributed by atoms with Gasteiger partial charge in [0.05, 0.1) is 24.1 Å². The van der Waals surface area contributed by atoms with Crippen molar-refractivity contribution in [3.63, 3.8) is 0 Å². The molecule has 1 saturated carbocycles. The lowest BCUT2D eigenvalue weighted by atomic mass is 9.75. The van der Waals surface area contributed by atoms with Gasteiger partial charge in [-0.1, -0.05) is 57.5 Å². The molecule has 0 heterocycles. The Hall–Kier alpha value is -2.80.